The van der Waals surface area contributed by atoms with Crippen molar-refractivity contribution in [3.63, 3.8) is 0 Å². The van der Waals surface area contributed by atoms with Crippen LogP contribution >= 0.6 is 11.8 Å². The lowest BCUT2D eigenvalue weighted by Crippen LogP contribution is -2.36. The minimum Gasteiger partial charge on any atom is -0.488 e. The molecule has 1 N–H and O–H groups in total. The smallest absolute Gasteiger partial charge is 0.246 e. The highest BCUT2D eigenvalue weighted by Crippen LogP contribution is 2.33. The summed E-state index contributed by atoms with van der Waals surface area (Å²) in [7, 11) is 1.51. The van der Waals surface area contributed by atoms with Crippen LogP contribution in [0.4, 0.5) is 0 Å². The fraction of sp³-hybridized carbons (Fsp3) is 0.316. The van der Waals surface area contributed by atoms with Crippen LogP contribution in [0.2, 0.25) is 0 Å². The van der Waals surface area contributed by atoms with Crippen molar-refractivity contribution in [1.29, 1.82) is 0 Å². The van der Waals surface area contributed by atoms with Gasteiger partial charge in [0.05, 0.1) is 6.54 Å². The first-order valence-corrected chi connectivity index (χ1v) is 9.11. The first-order chi connectivity index (χ1) is 11.7. The summed E-state index contributed by atoms with van der Waals surface area (Å²) in [5.41, 5.74) is 3.58. The van der Waals surface area contributed by atoms with Crippen molar-refractivity contribution in [3.05, 3.63) is 48.0 Å². The molecule has 0 unspecified atom stereocenters. The zero-order valence-electron chi connectivity index (χ0n) is 13.9. The maximum atomic E-state index is 11.5. The van der Waals surface area contributed by atoms with E-state index in [4.69, 9.17) is 9.47 Å². The number of rotatable bonds is 6. The Kier molecular flexibility index (Phi) is 5.43. The third-order valence-electron chi connectivity index (χ3n) is 4.03. The molecule has 0 fully saturated rings. The molecule has 0 aliphatic carbocycles. The second kappa shape index (κ2) is 7.73. The van der Waals surface area contributed by atoms with Gasteiger partial charge in [0, 0.05) is 18.4 Å². The van der Waals surface area contributed by atoms with E-state index in [0.717, 1.165) is 12.2 Å². The monoisotopic (exact) mass is 343 g/mol. The lowest BCUT2D eigenvalue weighted by atomic mass is 10.0. The van der Waals surface area contributed by atoms with Gasteiger partial charge in [-0.25, -0.2) is 0 Å². The number of thioether (sulfide) groups is 1. The van der Waals surface area contributed by atoms with Crippen LogP contribution in [-0.2, 0) is 16.0 Å². The molecule has 1 aliphatic rings. The topological polar surface area (TPSA) is 47.6 Å². The van der Waals surface area contributed by atoms with Gasteiger partial charge < -0.3 is 14.8 Å². The number of hydrogen-bond donors (Lipinski definition) is 1. The van der Waals surface area contributed by atoms with Crippen LogP contribution in [-0.4, -0.2) is 38.5 Å². The second-order valence-corrected chi connectivity index (χ2v) is 6.61. The Morgan fingerprint density at radius 3 is 2.71 bits per heavy atom. The molecule has 0 radical (unpaired) electrons. The number of amides is 1. The number of fused-ring (bicyclic) bond motifs is 1. The predicted octanol–water partition coefficient (Wildman–Crippen LogP) is 3.14. The molecule has 0 spiro atoms. The van der Waals surface area contributed by atoms with Crippen LogP contribution in [0.3, 0.4) is 0 Å². The largest absolute Gasteiger partial charge is 0.488 e. The first-order valence-electron chi connectivity index (χ1n) is 7.89. The number of carbonyl (C=O) groups is 1. The number of benzene rings is 2. The molecule has 1 atom stereocenters. The van der Waals surface area contributed by atoms with E-state index in [1.54, 1.807) is 11.8 Å². The fourth-order valence-corrected chi connectivity index (χ4v) is 3.22. The minimum atomic E-state index is -0.119. The molecule has 2 aromatic rings. The van der Waals surface area contributed by atoms with E-state index in [1.807, 2.05) is 6.07 Å². The number of methoxy groups -OCH3 is 1. The molecule has 5 heteroatoms. The van der Waals surface area contributed by atoms with Gasteiger partial charge in [-0.05, 0) is 47.2 Å². The number of hydrogen-bond acceptors (Lipinski definition) is 4. The number of carbonyl (C=O) groups excluding carboxylic acids is 1. The van der Waals surface area contributed by atoms with E-state index in [-0.39, 0.29) is 18.6 Å². The second-order valence-electron chi connectivity index (χ2n) is 5.73. The normalized spacial score (nSPS) is 15.7. The summed E-state index contributed by atoms with van der Waals surface area (Å²) >= 11 is 1.74. The molecule has 1 heterocycles. The molecule has 0 bridgehead atoms. The third-order valence-corrected chi connectivity index (χ3v) is 4.77. The Balaban J connectivity index is 1.66. The Labute approximate surface area is 146 Å². The summed E-state index contributed by atoms with van der Waals surface area (Å²) in [5, 5.41) is 2.83. The molecule has 0 aromatic heterocycles. The van der Waals surface area contributed by atoms with Crippen molar-refractivity contribution in [2.45, 2.75) is 17.4 Å². The highest BCUT2D eigenvalue weighted by Gasteiger charge is 2.23. The molecule has 4 nitrogen and oxygen atoms in total. The quantitative estimate of drug-likeness (QED) is 0.819. The number of ether oxygens (including phenoxy) is 2. The summed E-state index contributed by atoms with van der Waals surface area (Å²) in [6, 6.07) is 14.8. The Bertz CT molecular complexity index is 715. The third kappa shape index (κ3) is 3.91. The van der Waals surface area contributed by atoms with Gasteiger partial charge in [-0.15, -0.1) is 11.8 Å². The van der Waals surface area contributed by atoms with Gasteiger partial charge in [0.1, 0.15) is 18.5 Å². The van der Waals surface area contributed by atoms with E-state index in [1.165, 1.54) is 28.7 Å². The summed E-state index contributed by atoms with van der Waals surface area (Å²) < 4.78 is 10.7. The van der Waals surface area contributed by atoms with Crippen molar-refractivity contribution in [3.8, 4) is 16.9 Å². The molecule has 0 saturated heterocycles. The van der Waals surface area contributed by atoms with Crippen LogP contribution in [0.15, 0.2) is 47.4 Å². The van der Waals surface area contributed by atoms with Gasteiger partial charge in [-0.1, -0.05) is 18.2 Å². The van der Waals surface area contributed by atoms with Crippen molar-refractivity contribution >= 4 is 17.7 Å². The molecule has 1 aliphatic heterocycles. The van der Waals surface area contributed by atoms with E-state index < -0.39 is 0 Å². The average molecular weight is 343 g/mol. The average Bonchev–Trinajstić information content (AvgIpc) is 3.02. The number of nitrogens with one attached hydrogen (secondary N) is 1. The van der Waals surface area contributed by atoms with Crippen molar-refractivity contribution in [1.82, 2.24) is 5.32 Å². The molecule has 126 valence electrons. The minimum absolute atomic E-state index is 0.0186. The van der Waals surface area contributed by atoms with Crippen LogP contribution < -0.4 is 10.1 Å². The van der Waals surface area contributed by atoms with Crippen molar-refractivity contribution in [2.24, 2.45) is 0 Å². The molecular weight excluding hydrogens is 322 g/mol. The van der Waals surface area contributed by atoms with Crippen LogP contribution in [0, 0.1) is 0 Å². The summed E-state index contributed by atoms with van der Waals surface area (Å²) in [6.45, 7) is 0.574. The highest BCUT2D eigenvalue weighted by molar-refractivity contribution is 7.98. The maximum absolute atomic E-state index is 11.5. The van der Waals surface area contributed by atoms with Gasteiger partial charge >= 0.3 is 0 Å². The first kappa shape index (κ1) is 16.9. The van der Waals surface area contributed by atoms with Gasteiger partial charge in [0.15, 0.2) is 0 Å². The van der Waals surface area contributed by atoms with Gasteiger partial charge in [0.25, 0.3) is 0 Å². The molecule has 1 amide bonds. The summed E-state index contributed by atoms with van der Waals surface area (Å²) in [5.74, 6) is 0.789. The van der Waals surface area contributed by atoms with Crippen molar-refractivity contribution in [2.75, 3.05) is 26.5 Å². The zero-order valence-corrected chi connectivity index (χ0v) is 14.7. The highest BCUT2D eigenvalue weighted by atomic mass is 32.2. The van der Waals surface area contributed by atoms with E-state index >= 15 is 0 Å². The van der Waals surface area contributed by atoms with Crippen LogP contribution in [0.1, 0.15) is 5.56 Å². The van der Waals surface area contributed by atoms with E-state index in [9.17, 15) is 4.79 Å². The molecule has 2 aromatic carbocycles. The molecule has 3 rings (SSSR count). The van der Waals surface area contributed by atoms with Crippen LogP contribution in [0.5, 0.6) is 5.75 Å². The molecular formula is C19H21NO3S. The summed E-state index contributed by atoms with van der Waals surface area (Å²) in [4.78, 5) is 12.7. The predicted molar refractivity (Wildman–Crippen MR) is 96.7 cm³/mol. The Morgan fingerprint density at radius 1 is 1.25 bits per heavy atom. The van der Waals surface area contributed by atoms with Crippen molar-refractivity contribution < 1.29 is 14.3 Å². The molecule has 0 saturated carbocycles. The lowest BCUT2D eigenvalue weighted by molar-refractivity contribution is -0.125. The van der Waals surface area contributed by atoms with Gasteiger partial charge in [-0.2, -0.15) is 0 Å². The summed E-state index contributed by atoms with van der Waals surface area (Å²) in [6.07, 6.45) is 2.86. The van der Waals surface area contributed by atoms with E-state index in [2.05, 4.69) is 48.0 Å². The standard InChI is InChI=1S/C19H21NO3S/c1-22-12-19(21)20-11-16-10-15-9-14(5-8-18(15)23-16)13-3-6-17(24-2)7-4-13/h3-9,16H,10-12H2,1-2H3,(H,20,21)/t16-/m1/s1. The maximum Gasteiger partial charge on any atom is 0.246 e. The lowest BCUT2D eigenvalue weighted by Gasteiger charge is -2.11. The fourth-order valence-electron chi connectivity index (χ4n) is 2.81. The van der Waals surface area contributed by atoms with E-state index in [0.29, 0.717) is 6.54 Å². The zero-order chi connectivity index (χ0) is 16.9. The SMILES string of the molecule is COCC(=O)NC[C@H]1Cc2cc(-c3ccc(SC)cc3)ccc2O1. The molecule has 24 heavy (non-hydrogen) atoms. The van der Waals surface area contributed by atoms with Gasteiger partial charge in [-0.3, -0.25) is 4.79 Å². The van der Waals surface area contributed by atoms with Gasteiger partial charge in [0.2, 0.25) is 5.91 Å². The Hall–Kier alpha value is -1.98. The van der Waals surface area contributed by atoms with Crippen LogP contribution in [0.25, 0.3) is 11.1 Å². The Morgan fingerprint density at radius 2 is 2.00 bits per heavy atom.